The molecule has 0 radical (unpaired) electrons. The summed E-state index contributed by atoms with van der Waals surface area (Å²) in [6.45, 7) is 1.14. The van der Waals surface area contributed by atoms with Crippen molar-refractivity contribution < 1.29 is 14.3 Å². The van der Waals surface area contributed by atoms with Gasteiger partial charge < -0.3 is 4.74 Å². The molecule has 2 fully saturated rings. The third-order valence-corrected chi connectivity index (χ3v) is 4.39. The van der Waals surface area contributed by atoms with Crippen LogP contribution >= 0.6 is 0 Å². The van der Waals surface area contributed by atoms with Crippen LogP contribution in [0.4, 0.5) is 10.5 Å². The largest absolute Gasteiger partial charge is 0.356 e. The molecule has 1 N–H and O–H groups in total. The summed E-state index contributed by atoms with van der Waals surface area (Å²) in [6, 6.07) is 5.39. The molecular weight excluding hydrogens is 296 g/mol. The third-order valence-electron chi connectivity index (χ3n) is 4.39. The molecule has 1 unspecified atom stereocenters. The summed E-state index contributed by atoms with van der Waals surface area (Å²) < 4.78 is 7.71. The molecule has 0 aliphatic carbocycles. The molecule has 2 aromatic rings. The van der Waals surface area contributed by atoms with Crippen LogP contribution in [0.25, 0.3) is 10.9 Å². The molecule has 120 valence electrons. The number of anilines is 1. The molecule has 1 atom stereocenters. The summed E-state index contributed by atoms with van der Waals surface area (Å²) >= 11 is 0. The fourth-order valence-electron chi connectivity index (χ4n) is 3.23. The normalized spacial score (nSPS) is 22.4. The smallest absolute Gasteiger partial charge is 0.328 e. The number of amides is 3. The zero-order valence-corrected chi connectivity index (χ0v) is 12.7. The highest BCUT2D eigenvalue weighted by molar-refractivity contribution is 6.09. The van der Waals surface area contributed by atoms with Crippen molar-refractivity contribution in [2.45, 2.75) is 31.9 Å². The van der Waals surface area contributed by atoms with Crippen molar-refractivity contribution in [2.24, 2.45) is 0 Å². The van der Waals surface area contributed by atoms with Crippen LogP contribution in [0.3, 0.4) is 0 Å². The number of nitrogens with zero attached hydrogens (tertiary/aromatic N) is 3. The highest BCUT2D eigenvalue weighted by Crippen LogP contribution is 2.31. The van der Waals surface area contributed by atoms with E-state index in [9.17, 15) is 9.59 Å². The Kier molecular flexibility index (Phi) is 3.49. The standard InChI is InChI=1S/C16H18N4O3/c21-14-7-8-19(16(22)18-14)12-4-3-5-13-11(12)10-17-20(13)15-6-1-2-9-23-15/h3-5,10,15H,1-2,6-9H2,(H,18,21,22). The van der Waals surface area contributed by atoms with Gasteiger partial charge in [0, 0.05) is 25.0 Å². The maximum absolute atomic E-state index is 12.1. The Morgan fingerprint density at radius 2 is 2.17 bits per heavy atom. The molecule has 1 aromatic carbocycles. The second-order valence-corrected chi connectivity index (χ2v) is 5.88. The van der Waals surface area contributed by atoms with Gasteiger partial charge in [-0.3, -0.25) is 15.0 Å². The van der Waals surface area contributed by atoms with Gasteiger partial charge in [-0.25, -0.2) is 9.48 Å². The van der Waals surface area contributed by atoms with Crippen molar-refractivity contribution in [2.75, 3.05) is 18.1 Å². The van der Waals surface area contributed by atoms with E-state index >= 15 is 0 Å². The van der Waals surface area contributed by atoms with Gasteiger partial charge >= 0.3 is 6.03 Å². The van der Waals surface area contributed by atoms with E-state index in [1.54, 1.807) is 11.1 Å². The number of imide groups is 1. The average molecular weight is 314 g/mol. The van der Waals surface area contributed by atoms with E-state index in [1.807, 2.05) is 22.9 Å². The van der Waals surface area contributed by atoms with Gasteiger partial charge in [0.25, 0.3) is 0 Å². The Morgan fingerprint density at radius 3 is 2.96 bits per heavy atom. The molecule has 2 aliphatic heterocycles. The van der Waals surface area contributed by atoms with Crippen LogP contribution in [0, 0.1) is 0 Å². The topological polar surface area (TPSA) is 76.5 Å². The summed E-state index contributed by atoms with van der Waals surface area (Å²) in [5.41, 5.74) is 1.72. The van der Waals surface area contributed by atoms with E-state index in [0.29, 0.717) is 13.0 Å². The Balaban J connectivity index is 1.73. The van der Waals surface area contributed by atoms with E-state index in [4.69, 9.17) is 4.74 Å². The SMILES string of the molecule is O=C1CCN(c2cccc3c2cnn3C2CCCCO2)C(=O)N1. The fourth-order valence-corrected chi connectivity index (χ4v) is 3.23. The summed E-state index contributed by atoms with van der Waals surface area (Å²) in [4.78, 5) is 25.0. The Labute approximate surface area is 133 Å². The molecule has 1 aromatic heterocycles. The number of urea groups is 1. The van der Waals surface area contributed by atoms with Gasteiger partial charge in [-0.15, -0.1) is 0 Å². The molecule has 0 spiro atoms. The Morgan fingerprint density at radius 1 is 1.26 bits per heavy atom. The molecule has 4 rings (SSSR count). The van der Waals surface area contributed by atoms with Crippen LogP contribution in [0.2, 0.25) is 0 Å². The van der Waals surface area contributed by atoms with E-state index < -0.39 is 0 Å². The zero-order chi connectivity index (χ0) is 15.8. The zero-order valence-electron chi connectivity index (χ0n) is 12.7. The number of fused-ring (bicyclic) bond motifs is 1. The molecule has 3 amide bonds. The minimum absolute atomic E-state index is 0.0479. The molecule has 0 saturated carbocycles. The number of nitrogens with one attached hydrogen (secondary N) is 1. The Bertz CT molecular complexity index is 764. The van der Waals surface area contributed by atoms with Crippen molar-refractivity contribution in [3.05, 3.63) is 24.4 Å². The second-order valence-electron chi connectivity index (χ2n) is 5.88. The van der Waals surface area contributed by atoms with Crippen molar-refractivity contribution in [3.8, 4) is 0 Å². The first-order valence-corrected chi connectivity index (χ1v) is 7.93. The van der Waals surface area contributed by atoms with Gasteiger partial charge in [-0.1, -0.05) is 6.07 Å². The lowest BCUT2D eigenvalue weighted by molar-refractivity contribution is -0.120. The maximum atomic E-state index is 12.1. The molecule has 3 heterocycles. The minimum Gasteiger partial charge on any atom is -0.356 e. The number of aromatic nitrogens is 2. The highest BCUT2D eigenvalue weighted by atomic mass is 16.5. The van der Waals surface area contributed by atoms with Crippen molar-refractivity contribution in [1.29, 1.82) is 0 Å². The van der Waals surface area contributed by atoms with E-state index in [-0.39, 0.29) is 18.2 Å². The summed E-state index contributed by atoms with van der Waals surface area (Å²) in [5, 5.41) is 7.73. The quantitative estimate of drug-likeness (QED) is 0.922. The molecule has 7 nitrogen and oxygen atoms in total. The molecule has 0 bridgehead atoms. The number of carbonyl (C=O) groups is 2. The van der Waals surface area contributed by atoms with Crippen LogP contribution in [0.5, 0.6) is 0 Å². The number of rotatable bonds is 2. The number of benzene rings is 1. The van der Waals surface area contributed by atoms with Gasteiger partial charge in [-0.2, -0.15) is 5.10 Å². The van der Waals surface area contributed by atoms with Crippen LogP contribution < -0.4 is 10.2 Å². The molecular formula is C16H18N4O3. The number of carbonyl (C=O) groups excluding carboxylic acids is 2. The summed E-state index contributed by atoms with van der Waals surface area (Å²) in [5.74, 6) is -0.232. The molecule has 2 saturated heterocycles. The maximum Gasteiger partial charge on any atom is 0.328 e. The van der Waals surface area contributed by atoms with Gasteiger partial charge in [0.15, 0.2) is 6.23 Å². The first-order valence-electron chi connectivity index (χ1n) is 7.93. The predicted octanol–water partition coefficient (Wildman–Crippen LogP) is 2.18. The molecule has 2 aliphatic rings. The lowest BCUT2D eigenvalue weighted by Gasteiger charge is -2.27. The van der Waals surface area contributed by atoms with Crippen molar-refractivity contribution in [3.63, 3.8) is 0 Å². The van der Waals surface area contributed by atoms with Crippen LogP contribution in [-0.4, -0.2) is 34.9 Å². The van der Waals surface area contributed by atoms with Gasteiger partial charge in [0.2, 0.25) is 5.91 Å². The lowest BCUT2D eigenvalue weighted by Crippen LogP contribution is -2.49. The first kappa shape index (κ1) is 14.2. The van der Waals surface area contributed by atoms with Gasteiger partial charge in [-0.05, 0) is 31.4 Å². The third kappa shape index (κ3) is 2.46. The minimum atomic E-state index is -0.379. The van der Waals surface area contributed by atoms with Gasteiger partial charge in [0.1, 0.15) is 0 Å². The summed E-state index contributed by atoms with van der Waals surface area (Å²) in [7, 11) is 0. The van der Waals surface area contributed by atoms with E-state index in [2.05, 4.69) is 10.4 Å². The van der Waals surface area contributed by atoms with Crippen LogP contribution in [-0.2, 0) is 9.53 Å². The Hall–Kier alpha value is -2.41. The highest BCUT2D eigenvalue weighted by Gasteiger charge is 2.27. The molecule has 23 heavy (non-hydrogen) atoms. The van der Waals surface area contributed by atoms with Crippen molar-refractivity contribution in [1.82, 2.24) is 15.1 Å². The average Bonchev–Trinajstić information content (AvgIpc) is 3.00. The van der Waals surface area contributed by atoms with Crippen LogP contribution in [0.1, 0.15) is 31.9 Å². The number of ether oxygens (including phenoxy) is 1. The van der Waals surface area contributed by atoms with Crippen molar-refractivity contribution >= 4 is 28.5 Å². The van der Waals surface area contributed by atoms with E-state index in [0.717, 1.165) is 42.5 Å². The molecule has 7 heteroatoms. The summed E-state index contributed by atoms with van der Waals surface area (Å²) in [6.07, 6.45) is 5.19. The number of hydrogen-bond donors (Lipinski definition) is 1. The first-order chi connectivity index (χ1) is 11.2. The van der Waals surface area contributed by atoms with E-state index in [1.165, 1.54) is 0 Å². The number of hydrogen-bond acceptors (Lipinski definition) is 4. The lowest BCUT2D eigenvalue weighted by atomic mass is 10.1. The predicted molar refractivity (Wildman–Crippen MR) is 84.1 cm³/mol. The fraction of sp³-hybridized carbons (Fsp3) is 0.438. The van der Waals surface area contributed by atoms with Crippen LogP contribution in [0.15, 0.2) is 24.4 Å². The van der Waals surface area contributed by atoms with Gasteiger partial charge in [0.05, 0.1) is 17.4 Å². The monoisotopic (exact) mass is 314 g/mol. The second kappa shape index (κ2) is 5.66.